The molecule has 0 radical (unpaired) electrons. The second-order valence-electron chi connectivity index (χ2n) is 17.3. The molecular weight excluding hydrogens is 747 g/mol. The van der Waals surface area contributed by atoms with Crippen LogP contribution in [0.2, 0.25) is 0 Å². The summed E-state index contributed by atoms with van der Waals surface area (Å²) in [6, 6.07) is 15.4. The van der Waals surface area contributed by atoms with Gasteiger partial charge in [-0.1, -0.05) is 172 Å². The minimum absolute atomic E-state index is 0.109. The summed E-state index contributed by atoms with van der Waals surface area (Å²) in [6.45, 7) is 11.0. The second-order valence-corrected chi connectivity index (χ2v) is 18.4. The second kappa shape index (κ2) is 28.4. The molecule has 0 bridgehead atoms. The lowest BCUT2D eigenvalue weighted by Crippen LogP contribution is -2.46. The molecule has 0 aromatic heterocycles. The zero-order valence-corrected chi connectivity index (χ0v) is 37.5. The van der Waals surface area contributed by atoms with Crippen LogP contribution in [0.5, 0.6) is 0 Å². The lowest BCUT2D eigenvalue weighted by atomic mass is 9.89. The number of carboxylic acids is 1. The summed E-state index contributed by atoms with van der Waals surface area (Å²) in [5, 5.41) is 13.2. The van der Waals surface area contributed by atoms with Gasteiger partial charge in [0.1, 0.15) is 18.2 Å². The molecule has 2 N–H and O–H groups in total. The molecule has 0 aliphatic heterocycles. The van der Waals surface area contributed by atoms with Crippen LogP contribution in [0, 0.1) is 11.8 Å². The molecule has 3 unspecified atom stereocenters. The van der Waals surface area contributed by atoms with Gasteiger partial charge in [0.15, 0.2) is 0 Å². The predicted octanol–water partition coefficient (Wildman–Crippen LogP) is 12.8. The Labute approximate surface area is 355 Å². The standard InChI is InChI=1S/C49H77NO7S/c1-6-8-10-12-14-16-17-19-21-27-33-55-34-38(39(46(51)52)28-22-20-18-15-13-11-9-7-2)36-58-37-45(47(53)57-49(3,4)5)50-48(54)56-35-44-42-31-25-23-29-40(42)41-30-24-26-32-43(41)44/h23-26,29-32,38-39,44-45H,6-22,27-28,33-37H2,1-5H3,(H,50,54)(H,51,52). The fraction of sp³-hybridized carbons (Fsp3) is 0.694. The topological polar surface area (TPSA) is 111 Å². The number of nitrogens with one attached hydrogen (secondary N) is 1. The van der Waals surface area contributed by atoms with E-state index in [0.717, 1.165) is 54.4 Å². The van der Waals surface area contributed by atoms with Crippen molar-refractivity contribution in [2.75, 3.05) is 31.3 Å². The van der Waals surface area contributed by atoms with Crippen molar-refractivity contribution in [1.29, 1.82) is 0 Å². The van der Waals surface area contributed by atoms with Crippen LogP contribution >= 0.6 is 11.8 Å². The van der Waals surface area contributed by atoms with Gasteiger partial charge in [0.05, 0.1) is 12.5 Å². The van der Waals surface area contributed by atoms with Crippen LogP contribution in [-0.2, 0) is 23.8 Å². The predicted molar refractivity (Wildman–Crippen MR) is 240 cm³/mol. The number of amides is 1. The Morgan fingerprint density at radius 1 is 0.707 bits per heavy atom. The van der Waals surface area contributed by atoms with Crippen molar-refractivity contribution in [3.05, 3.63) is 59.7 Å². The molecule has 3 atom stereocenters. The first-order valence-corrected chi connectivity index (χ1v) is 23.9. The summed E-state index contributed by atoms with van der Waals surface area (Å²) < 4.78 is 17.7. The van der Waals surface area contributed by atoms with E-state index >= 15 is 0 Å². The molecule has 0 fully saturated rings. The third kappa shape index (κ3) is 18.9. The first-order chi connectivity index (χ1) is 28.1. The Morgan fingerprint density at radius 2 is 1.21 bits per heavy atom. The van der Waals surface area contributed by atoms with Gasteiger partial charge in [-0.25, -0.2) is 9.59 Å². The van der Waals surface area contributed by atoms with Gasteiger partial charge in [-0.3, -0.25) is 4.79 Å². The number of fused-ring (bicyclic) bond motifs is 3. The Kier molecular flexibility index (Phi) is 24.2. The Bertz CT molecular complexity index is 1410. The average molecular weight is 824 g/mol. The minimum atomic E-state index is -0.968. The van der Waals surface area contributed by atoms with Crippen molar-refractivity contribution < 1.29 is 33.7 Å². The minimum Gasteiger partial charge on any atom is -0.481 e. The third-order valence-corrected chi connectivity index (χ3v) is 12.4. The number of carbonyl (C=O) groups excluding carboxylic acids is 2. The summed E-state index contributed by atoms with van der Waals surface area (Å²) in [5.41, 5.74) is 3.74. The molecule has 0 saturated heterocycles. The summed E-state index contributed by atoms with van der Waals surface area (Å²) in [5.74, 6) is -1.52. The lowest BCUT2D eigenvalue weighted by Gasteiger charge is -2.26. The van der Waals surface area contributed by atoms with E-state index in [-0.39, 0.29) is 24.2 Å². The summed E-state index contributed by atoms with van der Waals surface area (Å²) in [4.78, 5) is 39.5. The zero-order chi connectivity index (χ0) is 42.0. The molecule has 2 aromatic carbocycles. The average Bonchev–Trinajstić information content (AvgIpc) is 3.51. The number of alkyl carbamates (subject to hydrolysis) is 1. The van der Waals surface area contributed by atoms with Gasteiger partial charge >= 0.3 is 18.0 Å². The molecule has 9 heteroatoms. The molecular formula is C49H77NO7S. The fourth-order valence-electron chi connectivity index (χ4n) is 7.93. The van der Waals surface area contributed by atoms with E-state index in [1.54, 1.807) is 20.8 Å². The maximum Gasteiger partial charge on any atom is 0.407 e. The molecule has 326 valence electrons. The molecule has 3 rings (SSSR count). The third-order valence-electron chi connectivity index (χ3n) is 11.2. The van der Waals surface area contributed by atoms with Crippen LogP contribution in [0.15, 0.2) is 48.5 Å². The number of hydrogen-bond acceptors (Lipinski definition) is 7. The van der Waals surface area contributed by atoms with Gasteiger partial charge in [0, 0.05) is 24.2 Å². The van der Waals surface area contributed by atoms with E-state index in [4.69, 9.17) is 14.2 Å². The lowest BCUT2D eigenvalue weighted by molar-refractivity contribution is -0.156. The maximum atomic E-state index is 13.5. The van der Waals surface area contributed by atoms with Gasteiger partial charge < -0.3 is 24.6 Å². The number of unbranched alkanes of at least 4 members (excludes halogenated alkanes) is 16. The van der Waals surface area contributed by atoms with E-state index in [0.29, 0.717) is 25.4 Å². The molecule has 58 heavy (non-hydrogen) atoms. The van der Waals surface area contributed by atoms with E-state index in [2.05, 4.69) is 43.4 Å². The van der Waals surface area contributed by atoms with Crippen LogP contribution in [0.4, 0.5) is 4.79 Å². The first-order valence-electron chi connectivity index (χ1n) is 22.8. The Balaban J connectivity index is 1.58. The van der Waals surface area contributed by atoms with Crippen LogP contribution < -0.4 is 5.32 Å². The zero-order valence-electron chi connectivity index (χ0n) is 36.7. The van der Waals surface area contributed by atoms with E-state index < -0.39 is 35.6 Å². The highest BCUT2D eigenvalue weighted by Gasteiger charge is 2.33. The number of carboxylic acid groups (broad SMARTS) is 1. The smallest absolute Gasteiger partial charge is 0.407 e. The van der Waals surface area contributed by atoms with Crippen molar-refractivity contribution in [1.82, 2.24) is 5.32 Å². The summed E-state index contributed by atoms with van der Waals surface area (Å²) in [6.07, 6.45) is 21.6. The van der Waals surface area contributed by atoms with Gasteiger partial charge in [-0.15, -0.1) is 0 Å². The van der Waals surface area contributed by atoms with Gasteiger partial charge in [-0.05, 0) is 61.6 Å². The molecule has 1 aliphatic rings. The number of benzene rings is 2. The van der Waals surface area contributed by atoms with Gasteiger partial charge in [0.2, 0.25) is 0 Å². The molecule has 0 saturated carbocycles. The van der Waals surface area contributed by atoms with Crippen molar-refractivity contribution in [2.24, 2.45) is 11.8 Å². The van der Waals surface area contributed by atoms with E-state index in [1.165, 1.54) is 95.2 Å². The number of esters is 1. The molecule has 1 amide bonds. The highest BCUT2D eigenvalue weighted by atomic mass is 32.2. The Hall–Kier alpha value is -3.04. The van der Waals surface area contributed by atoms with Crippen molar-refractivity contribution in [3.8, 4) is 11.1 Å². The van der Waals surface area contributed by atoms with E-state index in [9.17, 15) is 19.5 Å². The summed E-state index contributed by atoms with van der Waals surface area (Å²) in [7, 11) is 0. The number of rotatable bonds is 32. The molecule has 2 aromatic rings. The van der Waals surface area contributed by atoms with Gasteiger partial charge in [0.25, 0.3) is 0 Å². The van der Waals surface area contributed by atoms with Crippen molar-refractivity contribution in [2.45, 2.75) is 174 Å². The molecule has 8 nitrogen and oxygen atoms in total. The quantitative estimate of drug-likeness (QED) is 0.0554. The highest BCUT2D eigenvalue weighted by Crippen LogP contribution is 2.44. The summed E-state index contributed by atoms with van der Waals surface area (Å²) >= 11 is 1.46. The number of thioether (sulfide) groups is 1. The van der Waals surface area contributed by atoms with Crippen LogP contribution in [0.3, 0.4) is 0 Å². The largest absolute Gasteiger partial charge is 0.481 e. The molecule has 0 spiro atoms. The number of ether oxygens (including phenoxy) is 3. The Morgan fingerprint density at radius 3 is 1.72 bits per heavy atom. The maximum absolute atomic E-state index is 13.5. The van der Waals surface area contributed by atoms with Gasteiger partial charge in [-0.2, -0.15) is 11.8 Å². The molecule has 0 heterocycles. The monoisotopic (exact) mass is 824 g/mol. The van der Waals surface area contributed by atoms with E-state index in [1.807, 2.05) is 24.3 Å². The number of hydrogen-bond donors (Lipinski definition) is 2. The van der Waals surface area contributed by atoms with Crippen molar-refractivity contribution >= 4 is 29.8 Å². The highest BCUT2D eigenvalue weighted by molar-refractivity contribution is 7.99. The SMILES string of the molecule is CCCCCCCCCCCCOCC(CSCC(NC(=O)OCC1c2ccccc2-c2ccccc21)C(=O)OC(C)(C)C)C(CCCCCCCCCC)C(=O)O. The first kappa shape index (κ1) is 49.3. The number of aliphatic carboxylic acids is 1. The van der Waals surface area contributed by atoms with Crippen LogP contribution in [0.1, 0.15) is 174 Å². The van der Waals surface area contributed by atoms with Crippen molar-refractivity contribution in [3.63, 3.8) is 0 Å². The van der Waals surface area contributed by atoms with Crippen LogP contribution in [-0.4, -0.2) is 66.1 Å². The normalized spacial score (nSPS) is 14.0. The fourth-order valence-corrected chi connectivity index (χ4v) is 9.15. The van der Waals surface area contributed by atoms with Crippen LogP contribution in [0.25, 0.3) is 11.1 Å². The number of carbonyl (C=O) groups is 3. The molecule has 1 aliphatic carbocycles.